The maximum Gasteiger partial charge on any atom is 0.341 e. The van der Waals surface area contributed by atoms with Crippen LogP contribution in [0.15, 0.2) is 41.5 Å². The summed E-state index contributed by atoms with van der Waals surface area (Å²) in [6.45, 7) is 4.37. The lowest BCUT2D eigenvalue weighted by atomic mass is 10.1. The van der Waals surface area contributed by atoms with E-state index < -0.39 is 17.8 Å². The van der Waals surface area contributed by atoms with Crippen molar-refractivity contribution in [1.82, 2.24) is 5.43 Å². The van der Waals surface area contributed by atoms with Crippen LogP contribution < -0.4 is 20.2 Å². The molecule has 0 aliphatic heterocycles. The number of aryl methyl sites for hydroxylation is 1. The number of hydrogen-bond donors (Lipinski definition) is 2. The zero-order valence-electron chi connectivity index (χ0n) is 21.8. The number of hydrogen-bond acceptors (Lipinski definition) is 8. The van der Waals surface area contributed by atoms with Gasteiger partial charge in [-0.3, -0.25) is 9.59 Å². The number of nitrogens with one attached hydrogen (secondary N) is 2. The summed E-state index contributed by atoms with van der Waals surface area (Å²) in [5.41, 5.74) is 4.78. The molecule has 0 unspecified atom stereocenters. The number of esters is 1. The largest absolute Gasteiger partial charge is 0.490 e. The minimum Gasteiger partial charge on any atom is -0.490 e. The third-order valence-electron chi connectivity index (χ3n) is 5.88. The number of halogens is 2. The van der Waals surface area contributed by atoms with E-state index in [1.165, 1.54) is 17.6 Å². The number of amides is 2. The Kier molecular flexibility index (Phi) is 10.0. The number of rotatable bonds is 10. The van der Waals surface area contributed by atoms with Gasteiger partial charge in [-0.1, -0.05) is 29.3 Å². The van der Waals surface area contributed by atoms with Gasteiger partial charge < -0.3 is 19.5 Å². The predicted octanol–water partition coefficient (Wildman–Crippen LogP) is 5.79. The van der Waals surface area contributed by atoms with E-state index in [-0.39, 0.29) is 13.2 Å². The molecule has 0 bridgehead atoms. The van der Waals surface area contributed by atoms with Crippen LogP contribution >= 0.6 is 34.5 Å². The molecule has 0 spiro atoms. The Morgan fingerprint density at radius 3 is 2.58 bits per heavy atom. The van der Waals surface area contributed by atoms with Gasteiger partial charge in [-0.15, -0.1) is 11.3 Å². The Labute approximate surface area is 245 Å². The van der Waals surface area contributed by atoms with Crippen LogP contribution in [0.5, 0.6) is 11.5 Å². The fourth-order valence-corrected chi connectivity index (χ4v) is 5.81. The lowest BCUT2D eigenvalue weighted by molar-refractivity contribution is -0.136. The molecule has 2 aromatic carbocycles. The van der Waals surface area contributed by atoms with Crippen LogP contribution in [0.3, 0.4) is 0 Å². The molecule has 0 radical (unpaired) electrons. The fraction of sp³-hybridized carbons (Fsp3) is 0.286. The van der Waals surface area contributed by atoms with Crippen LogP contribution in [0.1, 0.15) is 52.2 Å². The van der Waals surface area contributed by atoms with E-state index in [9.17, 15) is 14.4 Å². The van der Waals surface area contributed by atoms with Gasteiger partial charge >= 0.3 is 17.8 Å². The third kappa shape index (κ3) is 7.12. The van der Waals surface area contributed by atoms with Crippen LogP contribution in [0.25, 0.3) is 0 Å². The molecule has 4 rings (SSSR count). The SMILES string of the molecule is CCOC(=O)c1c(NC(=O)C(=O)N/N=C/c2ccc(OCc3ccc(Cl)cc3Cl)c(OCC)c2)sc2c1CCC2. The second-order valence-corrected chi connectivity index (χ2v) is 10.5. The molecule has 1 heterocycles. The summed E-state index contributed by atoms with van der Waals surface area (Å²) in [7, 11) is 0. The first kappa shape index (κ1) is 29.4. The molecule has 210 valence electrons. The normalized spacial score (nSPS) is 12.2. The van der Waals surface area contributed by atoms with Crippen LogP contribution in [-0.2, 0) is 33.8 Å². The summed E-state index contributed by atoms with van der Waals surface area (Å²) in [4.78, 5) is 38.4. The van der Waals surface area contributed by atoms with Crippen molar-refractivity contribution < 1.29 is 28.6 Å². The first-order valence-electron chi connectivity index (χ1n) is 12.6. The van der Waals surface area contributed by atoms with Gasteiger partial charge in [0, 0.05) is 20.5 Å². The van der Waals surface area contributed by atoms with Gasteiger partial charge in [0.2, 0.25) is 0 Å². The highest BCUT2D eigenvalue weighted by Gasteiger charge is 2.29. The van der Waals surface area contributed by atoms with E-state index in [0.717, 1.165) is 35.3 Å². The molecule has 0 saturated heterocycles. The highest BCUT2D eigenvalue weighted by atomic mass is 35.5. The summed E-state index contributed by atoms with van der Waals surface area (Å²) in [6.07, 6.45) is 3.86. The zero-order valence-corrected chi connectivity index (χ0v) is 24.2. The minimum atomic E-state index is -0.982. The Morgan fingerprint density at radius 1 is 1.00 bits per heavy atom. The van der Waals surface area contributed by atoms with E-state index in [1.54, 1.807) is 43.3 Å². The van der Waals surface area contributed by atoms with Gasteiger partial charge in [0.25, 0.3) is 0 Å². The summed E-state index contributed by atoms with van der Waals surface area (Å²) in [5.74, 6) is -1.47. The monoisotopic (exact) mass is 603 g/mol. The van der Waals surface area contributed by atoms with Gasteiger partial charge in [-0.05, 0) is 74.6 Å². The van der Waals surface area contributed by atoms with Gasteiger partial charge in [0.1, 0.15) is 11.6 Å². The van der Waals surface area contributed by atoms with Gasteiger partial charge in [0.15, 0.2) is 11.5 Å². The smallest absolute Gasteiger partial charge is 0.341 e. The minimum absolute atomic E-state index is 0.208. The van der Waals surface area contributed by atoms with E-state index in [1.807, 2.05) is 6.92 Å². The van der Waals surface area contributed by atoms with Crippen molar-refractivity contribution in [3.63, 3.8) is 0 Å². The molecule has 2 N–H and O–H groups in total. The average molecular weight is 605 g/mol. The van der Waals surface area contributed by atoms with Crippen molar-refractivity contribution in [2.45, 2.75) is 39.7 Å². The Balaban J connectivity index is 1.38. The highest BCUT2D eigenvalue weighted by Crippen LogP contribution is 2.39. The van der Waals surface area contributed by atoms with Gasteiger partial charge in [0.05, 0.1) is 25.0 Å². The van der Waals surface area contributed by atoms with Crippen molar-refractivity contribution in [3.05, 3.63) is 73.6 Å². The molecule has 0 saturated carbocycles. The maximum atomic E-state index is 12.5. The van der Waals surface area contributed by atoms with Crippen molar-refractivity contribution >= 4 is 63.5 Å². The van der Waals surface area contributed by atoms with Gasteiger partial charge in [-0.25, -0.2) is 10.2 Å². The molecule has 1 aliphatic carbocycles. The van der Waals surface area contributed by atoms with Crippen LogP contribution in [0, 0.1) is 0 Å². The summed E-state index contributed by atoms with van der Waals surface area (Å²) >= 11 is 13.5. The lowest BCUT2D eigenvalue weighted by Gasteiger charge is -2.13. The lowest BCUT2D eigenvalue weighted by Crippen LogP contribution is -2.32. The van der Waals surface area contributed by atoms with Crippen LogP contribution in [0.2, 0.25) is 10.0 Å². The Bertz CT molecular complexity index is 1460. The molecule has 2 amide bonds. The molecule has 0 atom stereocenters. The second kappa shape index (κ2) is 13.6. The standard InChI is InChI=1S/C28H27Cl2N3O6S/c1-3-37-22-12-16(8-11-21(22)39-15-17-9-10-18(29)13-20(17)30)14-31-33-26(35)25(34)32-27-24(28(36)38-4-2)19-6-5-7-23(19)40-27/h8-14H,3-7,15H2,1-2H3,(H,32,34)(H,33,35)/b31-14+. The topological polar surface area (TPSA) is 115 Å². The van der Waals surface area contributed by atoms with Gasteiger partial charge in [-0.2, -0.15) is 5.10 Å². The third-order valence-corrected chi connectivity index (χ3v) is 7.67. The molecule has 12 heteroatoms. The highest BCUT2D eigenvalue weighted by molar-refractivity contribution is 7.17. The second-order valence-electron chi connectivity index (χ2n) is 8.60. The van der Waals surface area contributed by atoms with Crippen molar-refractivity contribution in [3.8, 4) is 11.5 Å². The van der Waals surface area contributed by atoms with E-state index >= 15 is 0 Å². The molecular formula is C28H27Cl2N3O6S. The molecule has 1 aliphatic rings. The number of fused-ring (bicyclic) bond motifs is 1. The number of hydrazone groups is 1. The van der Waals surface area contributed by atoms with E-state index in [4.69, 9.17) is 37.4 Å². The molecule has 40 heavy (non-hydrogen) atoms. The van der Waals surface area contributed by atoms with E-state index in [2.05, 4.69) is 15.8 Å². The zero-order chi connectivity index (χ0) is 28.6. The molecular weight excluding hydrogens is 577 g/mol. The molecule has 3 aromatic rings. The number of anilines is 1. The number of ether oxygens (including phenoxy) is 3. The number of benzene rings is 2. The van der Waals surface area contributed by atoms with Crippen LogP contribution in [-0.4, -0.2) is 37.2 Å². The Hall–Kier alpha value is -3.60. The van der Waals surface area contributed by atoms with Crippen molar-refractivity contribution in [1.29, 1.82) is 0 Å². The summed E-state index contributed by atoms with van der Waals surface area (Å²) in [5, 5.41) is 7.76. The molecule has 0 fully saturated rings. The number of carbonyl (C=O) groups excluding carboxylic acids is 3. The van der Waals surface area contributed by atoms with Crippen LogP contribution in [0.4, 0.5) is 5.00 Å². The first-order valence-corrected chi connectivity index (χ1v) is 14.2. The predicted molar refractivity (Wildman–Crippen MR) is 155 cm³/mol. The number of thiophene rings is 1. The Morgan fingerprint density at radius 2 is 1.82 bits per heavy atom. The first-order chi connectivity index (χ1) is 19.3. The average Bonchev–Trinajstić information content (AvgIpc) is 3.50. The summed E-state index contributed by atoms with van der Waals surface area (Å²) in [6, 6.07) is 10.3. The van der Waals surface area contributed by atoms with Crippen molar-refractivity contribution in [2.75, 3.05) is 18.5 Å². The fourth-order valence-electron chi connectivity index (χ4n) is 4.07. The molecule has 1 aromatic heterocycles. The molecule has 9 nitrogen and oxygen atoms in total. The summed E-state index contributed by atoms with van der Waals surface area (Å²) < 4.78 is 16.7. The van der Waals surface area contributed by atoms with E-state index in [0.29, 0.717) is 44.3 Å². The maximum absolute atomic E-state index is 12.5. The quantitative estimate of drug-likeness (QED) is 0.131. The van der Waals surface area contributed by atoms with Crippen molar-refractivity contribution in [2.24, 2.45) is 5.10 Å². The number of carbonyl (C=O) groups is 3. The number of nitrogens with zero attached hydrogens (tertiary/aromatic N) is 1.